The predicted molar refractivity (Wildman–Crippen MR) is 124 cm³/mol. The molecule has 5 rings (SSSR count). The maximum absolute atomic E-state index is 5.45. The number of rotatable bonds is 5. The van der Waals surface area contributed by atoms with Crippen molar-refractivity contribution in [1.29, 1.82) is 0 Å². The molecule has 0 saturated carbocycles. The van der Waals surface area contributed by atoms with Gasteiger partial charge in [-0.2, -0.15) is 5.10 Å². The van der Waals surface area contributed by atoms with Crippen molar-refractivity contribution < 1.29 is 4.74 Å². The molecule has 0 unspecified atom stereocenters. The van der Waals surface area contributed by atoms with Crippen LogP contribution < -0.4 is 4.74 Å². The van der Waals surface area contributed by atoms with Crippen molar-refractivity contribution in [3.63, 3.8) is 0 Å². The molecule has 7 heteroatoms. The second-order valence-electron chi connectivity index (χ2n) is 7.68. The number of hydrogen-bond donors (Lipinski definition) is 0. The van der Waals surface area contributed by atoms with Crippen LogP contribution >= 0.6 is 11.8 Å². The van der Waals surface area contributed by atoms with E-state index in [-0.39, 0.29) is 0 Å². The largest absolute Gasteiger partial charge is 0.497 e. The Kier molecular flexibility index (Phi) is 4.90. The summed E-state index contributed by atoms with van der Waals surface area (Å²) in [5.41, 5.74) is 7.53. The second kappa shape index (κ2) is 7.74. The Bertz CT molecular complexity index is 1400. The number of hydrogen-bond acceptors (Lipinski definition) is 5. The Balaban J connectivity index is 1.44. The lowest BCUT2D eigenvalue weighted by Crippen LogP contribution is -1.99. The van der Waals surface area contributed by atoms with E-state index in [4.69, 9.17) is 4.74 Å². The smallest absolute Gasteiger partial charge is 0.196 e. The van der Waals surface area contributed by atoms with Crippen molar-refractivity contribution in [2.45, 2.75) is 31.7 Å². The molecule has 0 aliphatic rings. The maximum Gasteiger partial charge on any atom is 0.196 e. The van der Waals surface area contributed by atoms with Crippen LogP contribution in [0.2, 0.25) is 0 Å². The molecule has 2 aromatic carbocycles. The summed E-state index contributed by atoms with van der Waals surface area (Å²) in [5.74, 6) is 1.63. The van der Waals surface area contributed by atoms with Gasteiger partial charge in [0.1, 0.15) is 5.75 Å². The molecule has 0 radical (unpaired) electrons. The van der Waals surface area contributed by atoms with Gasteiger partial charge in [0.15, 0.2) is 10.8 Å². The second-order valence-corrected chi connectivity index (χ2v) is 8.62. The zero-order valence-electron chi connectivity index (χ0n) is 18.0. The third-order valence-corrected chi connectivity index (χ3v) is 6.43. The van der Waals surface area contributed by atoms with Crippen LogP contribution in [0.1, 0.15) is 22.5 Å². The zero-order valence-corrected chi connectivity index (χ0v) is 18.8. The Morgan fingerprint density at radius 1 is 0.935 bits per heavy atom. The van der Waals surface area contributed by atoms with Crippen molar-refractivity contribution in [2.75, 3.05) is 7.11 Å². The van der Waals surface area contributed by atoms with Gasteiger partial charge in [0.05, 0.1) is 24.0 Å². The molecule has 3 aromatic heterocycles. The van der Waals surface area contributed by atoms with Crippen molar-refractivity contribution in [3.8, 4) is 11.4 Å². The number of fused-ring (bicyclic) bond motifs is 3. The quantitative estimate of drug-likeness (QED) is 0.355. The summed E-state index contributed by atoms with van der Waals surface area (Å²) < 4.78 is 9.53. The number of pyridine rings is 1. The van der Waals surface area contributed by atoms with E-state index in [0.717, 1.165) is 44.9 Å². The maximum atomic E-state index is 5.45. The minimum atomic E-state index is 0.803. The van der Waals surface area contributed by atoms with E-state index in [9.17, 15) is 0 Å². The zero-order chi connectivity index (χ0) is 21.5. The summed E-state index contributed by atoms with van der Waals surface area (Å²) >= 11 is 1.68. The van der Waals surface area contributed by atoms with E-state index in [2.05, 4.69) is 76.0 Å². The van der Waals surface area contributed by atoms with E-state index < -0.39 is 0 Å². The molecule has 0 amide bonds. The highest BCUT2D eigenvalue weighted by atomic mass is 32.2. The molecule has 0 bridgehead atoms. The fourth-order valence-corrected chi connectivity index (χ4v) is 4.80. The highest BCUT2D eigenvalue weighted by Crippen LogP contribution is 2.30. The van der Waals surface area contributed by atoms with Crippen LogP contribution in [0.25, 0.3) is 22.2 Å². The molecule has 156 valence electrons. The Labute approximate surface area is 184 Å². The van der Waals surface area contributed by atoms with Crippen molar-refractivity contribution >= 4 is 28.3 Å². The Morgan fingerprint density at radius 2 is 1.74 bits per heavy atom. The topological polar surface area (TPSA) is 57.2 Å². The molecule has 0 atom stereocenters. The number of methoxy groups -OCH3 is 1. The summed E-state index contributed by atoms with van der Waals surface area (Å²) in [5, 5.41) is 15.5. The first-order valence-corrected chi connectivity index (χ1v) is 11.1. The van der Waals surface area contributed by atoms with E-state index in [0.29, 0.717) is 0 Å². The van der Waals surface area contributed by atoms with Gasteiger partial charge < -0.3 is 4.74 Å². The standard InChI is InChI=1S/C24H23N5OS/c1-15-11-23-25-26-24(28(23)22-13-20(30-4)9-10-21(15)22)31-14-18-5-7-19(8-6-18)29-17(3)12-16(2)27-29/h5-13H,14H2,1-4H3. The molecular formula is C24H23N5OS. The molecule has 0 aliphatic carbocycles. The van der Waals surface area contributed by atoms with Crippen molar-refractivity contribution in [3.05, 3.63) is 77.1 Å². The van der Waals surface area contributed by atoms with E-state index in [1.807, 2.05) is 23.7 Å². The van der Waals surface area contributed by atoms with E-state index >= 15 is 0 Å². The molecule has 0 fully saturated rings. The normalized spacial score (nSPS) is 11.5. The van der Waals surface area contributed by atoms with Gasteiger partial charge in [0, 0.05) is 22.9 Å². The average Bonchev–Trinajstić information content (AvgIpc) is 3.34. The van der Waals surface area contributed by atoms with Gasteiger partial charge in [0.25, 0.3) is 0 Å². The molecule has 31 heavy (non-hydrogen) atoms. The number of thioether (sulfide) groups is 1. The third-order valence-electron chi connectivity index (χ3n) is 5.43. The number of aryl methyl sites for hydroxylation is 3. The molecule has 0 spiro atoms. The van der Waals surface area contributed by atoms with Crippen molar-refractivity contribution in [1.82, 2.24) is 24.4 Å². The first-order valence-electron chi connectivity index (χ1n) is 10.1. The molecule has 5 aromatic rings. The number of benzene rings is 2. The minimum Gasteiger partial charge on any atom is -0.497 e. The summed E-state index contributed by atoms with van der Waals surface area (Å²) in [6.45, 7) is 6.18. The molecule has 0 saturated heterocycles. The number of aromatic nitrogens is 5. The first-order chi connectivity index (χ1) is 15.0. The lowest BCUT2D eigenvalue weighted by molar-refractivity contribution is 0.415. The molecule has 0 aliphatic heterocycles. The highest BCUT2D eigenvalue weighted by molar-refractivity contribution is 7.98. The molecule has 6 nitrogen and oxygen atoms in total. The van der Waals surface area contributed by atoms with Gasteiger partial charge in [-0.05, 0) is 68.3 Å². The minimum absolute atomic E-state index is 0.803. The van der Waals surface area contributed by atoms with Crippen LogP contribution in [-0.2, 0) is 5.75 Å². The highest BCUT2D eigenvalue weighted by Gasteiger charge is 2.13. The van der Waals surface area contributed by atoms with Gasteiger partial charge in [-0.1, -0.05) is 23.9 Å². The van der Waals surface area contributed by atoms with Crippen LogP contribution in [0.4, 0.5) is 0 Å². The Hall–Kier alpha value is -3.32. The van der Waals surface area contributed by atoms with E-state index in [1.54, 1.807) is 18.9 Å². The lowest BCUT2D eigenvalue weighted by atomic mass is 10.1. The average molecular weight is 430 g/mol. The number of ether oxygens (including phenoxy) is 1. The molecule has 0 N–H and O–H groups in total. The van der Waals surface area contributed by atoms with Gasteiger partial charge in [-0.3, -0.25) is 4.40 Å². The van der Waals surface area contributed by atoms with Gasteiger partial charge >= 0.3 is 0 Å². The fourth-order valence-electron chi connectivity index (χ4n) is 3.89. The summed E-state index contributed by atoms with van der Waals surface area (Å²) in [7, 11) is 1.69. The number of nitrogens with zero attached hydrogens (tertiary/aromatic N) is 5. The summed E-state index contributed by atoms with van der Waals surface area (Å²) in [6.07, 6.45) is 0. The van der Waals surface area contributed by atoms with Gasteiger partial charge in [-0.15, -0.1) is 10.2 Å². The first kappa shape index (κ1) is 19.6. The fraction of sp³-hybridized carbons (Fsp3) is 0.208. The van der Waals surface area contributed by atoms with Gasteiger partial charge in [0.2, 0.25) is 0 Å². The van der Waals surface area contributed by atoms with Crippen LogP contribution in [0, 0.1) is 20.8 Å². The van der Waals surface area contributed by atoms with E-state index in [1.165, 1.54) is 16.5 Å². The molecular weight excluding hydrogens is 406 g/mol. The van der Waals surface area contributed by atoms with Crippen LogP contribution in [0.5, 0.6) is 5.75 Å². The van der Waals surface area contributed by atoms with Crippen LogP contribution in [0.15, 0.2) is 59.8 Å². The third kappa shape index (κ3) is 3.55. The Morgan fingerprint density at radius 3 is 2.45 bits per heavy atom. The lowest BCUT2D eigenvalue weighted by Gasteiger charge is -2.09. The van der Waals surface area contributed by atoms with Crippen LogP contribution in [-0.4, -0.2) is 31.5 Å². The van der Waals surface area contributed by atoms with Crippen molar-refractivity contribution in [2.24, 2.45) is 0 Å². The predicted octanol–water partition coefficient (Wildman–Crippen LogP) is 5.29. The summed E-state index contributed by atoms with van der Waals surface area (Å²) in [4.78, 5) is 0. The monoisotopic (exact) mass is 429 g/mol. The van der Waals surface area contributed by atoms with Crippen LogP contribution in [0.3, 0.4) is 0 Å². The summed E-state index contributed by atoms with van der Waals surface area (Å²) in [6, 6.07) is 18.8. The molecule has 3 heterocycles. The SMILES string of the molecule is COc1ccc2c(C)cc3nnc(SCc4ccc(-n5nc(C)cc5C)cc4)n3c2c1. The van der Waals surface area contributed by atoms with Gasteiger partial charge in [-0.25, -0.2) is 4.68 Å².